The Kier molecular flexibility index (Phi) is 4.40. The molecule has 0 aliphatic rings. The van der Waals surface area contributed by atoms with Crippen molar-refractivity contribution >= 4 is 23.4 Å². The first-order chi connectivity index (χ1) is 7.82. The number of nitrogen functional groups attached to an aromatic ring is 1. The van der Waals surface area contributed by atoms with Gasteiger partial charge in [0, 0.05) is 15.8 Å². The van der Waals surface area contributed by atoms with Crippen molar-refractivity contribution in [2.45, 2.75) is 30.9 Å². The molecule has 0 aromatic heterocycles. The molecule has 0 saturated carbocycles. The lowest BCUT2D eigenvalue weighted by atomic mass is 10.1. The molecule has 1 atom stereocenters. The van der Waals surface area contributed by atoms with E-state index in [1.165, 1.54) is 23.9 Å². The van der Waals surface area contributed by atoms with Crippen LogP contribution in [0.5, 0.6) is 0 Å². The summed E-state index contributed by atoms with van der Waals surface area (Å²) in [6.45, 7) is 6.16. The molecular weight excluding hydrogens is 241 g/mol. The number of anilines is 1. The summed E-state index contributed by atoms with van der Waals surface area (Å²) in [5, 5.41) is 9.03. The lowest BCUT2D eigenvalue weighted by molar-refractivity contribution is 0.0692. The van der Waals surface area contributed by atoms with Gasteiger partial charge in [0.2, 0.25) is 0 Å². The van der Waals surface area contributed by atoms with Crippen LogP contribution in [0.2, 0.25) is 0 Å². The van der Waals surface area contributed by atoms with Gasteiger partial charge in [-0.05, 0) is 18.1 Å². The Morgan fingerprint density at radius 3 is 2.47 bits per heavy atom. The second kappa shape index (κ2) is 5.40. The minimum atomic E-state index is -1.30. The Balaban J connectivity index is 3.03. The second-order valence-electron chi connectivity index (χ2n) is 4.24. The maximum Gasteiger partial charge on any atom is 0.338 e. The summed E-state index contributed by atoms with van der Waals surface area (Å²) in [7, 11) is 0. The molecule has 0 saturated heterocycles. The minimum Gasteiger partial charge on any atom is -0.478 e. The van der Waals surface area contributed by atoms with Crippen molar-refractivity contribution in [1.29, 1.82) is 0 Å². The van der Waals surface area contributed by atoms with Crippen LogP contribution in [-0.4, -0.2) is 16.3 Å². The van der Waals surface area contributed by atoms with Crippen LogP contribution >= 0.6 is 11.8 Å². The number of nitrogens with two attached hydrogens (primary N) is 1. The summed E-state index contributed by atoms with van der Waals surface area (Å²) in [5.74, 6) is -1.62. The smallest absolute Gasteiger partial charge is 0.338 e. The van der Waals surface area contributed by atoms with Gasteiger partial charge in [0.1, 0.15) is 5.82 Å². The largest absolute Gasteiger partial charge is 0.478 e. The summed E-state index contributed by atoms with van der Waals surface area (Å²) in [6.07, 6.45) is 0. The zero-order valence-corrected chi connectivity index (χ0v) is 10.8. The van der Waals surface area contributed by atoms with Crippen molar-refractivity contribution in [3.05, 3.63) is 23.5 Å². The average Bonchev–Trinajstić information content (AvgIpc) is 2.22. The topological polar surface area (TPSA) is 63.3 Å². The fourth-order valence-corrected chi connectivity index (χ4v) is 2.21. The average molecular weight is 257 g/mol. The highest BCUT2D eigenvalue weighted by atomic mass is 32.2. The molecule has 17 heavy (non-hydrogen) atoms. The summed E-state index contributed by atoms with van der Waals surface area (Å²) in [4.78, 5) is 11.3. The number of hydrogen-bond donors (Lipinski definition) is 2. The number of rotatable bonds is 4. The first-order valence-corrected chi connectivity index (χ1v) is 6.19. The first kappa shape index (κ1) is 13.8. The van der Waals surface area contributed by atoms with Crippen molar-refractivity contribution in [3.63, 3.8) is 0 Å². The van der Waals surface area contributed by atoms with Gasteiger partial charge in [-0.25, -0.2) is 9.18 Å². The third-order valence-electron chi connectivity index (χ3n) is 2.58. The molecule has 1 unspecified atom stereocenters. The molecule has 0 fully saturated rings. The third-order valence-corrected chi connectivity index (χ3v) is 4.11. The standard InChI is InChI=1S/C12H16FNO2S/c1-6(2)7(3)17-11-5-9(13)8(12(15)16)4-10(11)14/h4-7H,14H2,1-3H3,(H,15,16). The fourth-order valence-electron chi connectivity index (χ4n) is 1.17. The van der Waals surface area contributed by atoms with E-state index in [0.717, 1.165) is 0 Å². The van der Waals surface area contributed by atoms with Gasteiger partial charge in [0.05, 0.1) is 5.56 Å². The van der Waals surface area contributed by atoms with E-state index in [2.05, 4.69) is 13.8 Å². The molecule has 0 radical (unpaired) electrons. The molecule has 0 aliphatic heterocycles. The highest BCUT2D eigenvalue weighted by molar-refractivity contribution is 8.00. The van der Waals surface area contributed by atoms with Crippen LogP contribution in [0.15, 0.2) is 17.0 Å². The number of carboxylic acids is 1. The summed E-state index contributed by atoms with van der Waals surface area (Å²) in [5.41, 5.74) is 5.65. The summed E-state index contributed by atoms with van der Waals surface area (Å²) in [6, 6.07) is 2.37. The molecule has 0 aliphatic carbocycles. The molecular formula is C12H16FNO2S. The van der Waals surface area contributed by atoms with Gasteiger partial charge < -0.3 is 10.8 Å². The van der Waals surface area contributed by atoms with E-state index in [-0.39, 0.29) is 10.8 Å². The van der Waals surface area contributed by atoms with Crippen LogP contribution in [0.3, 0.4) is 0 Å². The predicted molar refractivity (Wildman–Crippen MR) is 67.9 cm³/mol. The number of aromatic carboxylic acids is 1. The predicted octanol–water partition coefficient (Wildman–Crippen LogP) is 3.24. The Labute approximate surface area is 104 Å². The monoisotopic (exact) mass is 257 g/mol. The molecule has 0 amide bonds. The third kappa shape index (κ3) is 3.36. The molecule has 1 aromatic rings. The maximum atomic E-state index is 13.5. The van der Waals surface area contributed by atoms with E-state index in [4.69, 9.17) is 10.8 Å². The van der Waals surface area contributed by atoms with Gasteiger partial charge in [-0.15, -0.1) is 11.8 Å². The van der Waals surface area contributed by atoms with Gasteiger partial charge in [-0.2, -0.15) is 0 Å². The number of hydrogen-bond acceptors (Lipinski definition) is 3. The Bertz CT molecular complexity index is 435. The zero-order valence-electron chi connectivity index (χ0n) is 10.0. The zero-order chi connectivity index (χ0) is 13.2. The molecule has 0 heterocycles. The fraction of sp³-hybridized carbons (Fsp3) is 0.417. The lowest BCUT2D eigenvalue weighted by Gasteiger charge is -2.16. The summed E-state index contributed by atoms with van der Waals surface area (Å²) >= 11 is 1.45. The van der Waals surface area contributed by atoms with E-state index in [9.17, 15) is 9.18 Å². The van der Waals surface area contributed by atoms with Crippen molar-refractivity contribution in [3.8, 4) is 0 Å². The van der Waals surface area contributed by atoms with Gasteiger partial charge >= 0.3 is 5.97 Å². The Morgan fingerprint density at radius 2 is 2.00 bits per heavy atom. The van der Waals surface area contributed by atoms with Crippen LogP contribution in [0, 0.1) is 11.7 Å². The number of benzene rings is 1. The highest BCUT2D eigenvalue weighted by Gasteiger charge is 2.16. The van der Waals surface area contributed by atoms with Crippen LogP contribution < -0.4 is 5.73 Å². The van der Waals surface area contributed by atoms with Crippen molar-refractivity contribution < 1.29 is 14.3 Å². The van der Waals surface area contributed by atoms with Crippen LogP contribution in [0.25, 0.3) is 0 Å². The molecule has 3 N–H and O–H groups in total. The molecule has 94 valence electrons. The van der Waals surface area contributed by atoms with E-state index in [0.29, 0.717) is 16.5 Å². The number of thioether (sulfide) groups is 1. The Hall–Kier alpha value is -1.23. The lowest BCUT2D eigenvalue weighted by Crippen LogP contribution is -2.08. The number of halogens is 1. The number of carboxylic acid groups (broad SMARTS) is 1. The molecule has 0 bridgehead atoms. The van der Waals surface area contributed by atoms with E-state index in [1.54, 1.807) is 0 Å². The van der Waals surface area contributed by atoms with Gasteiger partial charge in [-0.1, -0.05) is 20.8 Å². The second-order valence-corrected chi connectivity index (χ2v) is 5.66. The van der Waals surface area contributed by atoms with Crippen LogP contribution in [0.4, 0.5) is 10.1 Å². The quantitative estimate of drug-likeness (QED) is 0.642. The normalized spacial score (nSPS) is 12.8. The molecule has 5 heteroatoms. The van der Waals surface area contributed by atoms with Crippen molar-refractivity contribution in [2.24, 2.45) is 5.92 Å². The maximum absolute atomic E-state index is 13.5. The first-order valence-electron chi connectivity index (χ1n) is 5.32. The van der Waals surface area contributed by atoms with E-state index < -0.39 is 11.8 Å². The molecule has 1 aromatic carbocycles. The number of carbonyl (C=O) groups is 1. The molecule has 1 rings (SSSR count). The van der Waals surface area contributed by atoms with Crippen LogP contribution in [-0.2, 0) is 0 Å². The molecule has 3 nitrogen and oxygen atoms in total. The van der Waals surface area contributed by atoms with Gasteiger partial charge in [0.15, 0.2) is 0 Å². The van der Waals surface area contributed by atoms with Crippen molar-refractivity contribution in [2.75, 3.05) is 5.73 Å². The van der Waals surface area contributed by atoms with Gasteiger partial charge in [-0.3, -0.25) is 0 Å². The van der Waals surface area contributed by atoms with Gasteiger partial charge in [0.25, 0.3) is 0 Å². The summed E-state index contributed by atoms with van der Waals surface area (Å²) < 4.78 is 13.5. The molecule has 0 spiro atoms. The van der Waals surface area contributed by atoms with E-state index in [1.807, 2.05) is 6.92 Å². The van der Waals surface area contributed by atoms with Crippen molar-refractivity contribution in [1.82, 2.24) is 0 Å². The Morgan fingerprint density at radius 1 is 1.41 bits per heavy atom. The highest BCUT2D eigenvalue weighted by Crippen LogP contribution is 2.33. The minimum absolute atomic E-state index is 0.285. The SMILES string of the molecule is CC(C)C(C)Sc1cc(F)c(C(=O)O)cc1N. The van der Waals surface area contributed by atoms with E-state index >= 15 is 0 Å². The van der Waals surface area contributed by atoms with Crippen LogP contribution in [0.1, 0.15) is 31.1 Å².